The van der Waals surface area contributed by atoms with Gasteiger partial charge < -0.3 is 24.2 Å². The molecule has 1 spiro atoms. The smallest absolute Gasteiger partial charge is 0.475 e. The normalized spacial score (nSPS) is 27.6. The van der Waals surface area contributed by atoms with Gasteiger partial charge in [0.25, 0.3) is 5.91 Å². The lowest BCUT2D eigenvalue weighted by Crippen LogP contribution is -2.38. The molecule has 0 aromatic carbocycles. The number of amides is 1. The van der Waals surface area contributed by atoms with Crippen LogP contribution in [0.5, 0.6) is 0 Å². The van der Waals surface area contributed by atoms with Crippen LogP contribution in [0.2, 0.25) is 0 Å². The zero-order valence-electron chi connectivity index (χ0n) is 18.4. The number of carbonyl (C=O) groups excluding carboxylic acids is 1. The Kier molecular flexibility index (Phi) is 6.99. The summed E-state index contributed by atoms with van der Waals surface area (Å²) in [7, 11) is 0. The summed E-state index contributed by atoms with van der Waals surface area (Å²) in [6.45, 7) is 6.95. The number of carbonyl (C=O) groups is 2. The molecule has 1 N–H and O–H groups in total. The number of halogens is 3. The minimum absolute atomic E-state index is 0.0569. The van der Waals surface area contributed by atoms with Gasteiger partial charge in [-0.25, -0.2) is 4.79 Å². The summed E-state index contributed by atoms with van der Waals surface area (Å²) >= 11 is 0. The van der Waals surface area contributed by atoms with E-state index in [-0.39, 0.29) is 11.3 Å². The van der Waals surface area contributed by atoms with Gasteiger partial charge in [0.1, 0.15) is 6.26 Å². The molecule has 4 fully saturated rings. The molecule has 2 saturated heterocycles. The summed E-state index contributed by atoms with van der Waals surface area (Å²) in [5.41, 5.74) is 0.766. The molecule has 4 aliphatic rings. The molecule has 2 atom stereocenters. The second-order valence-corrected chi connectivity index (χ2v) is 9.87. The lowest BCUT2D eigenvalue weighted by Gasteiger charge is -2.30. The average Bonchev–Trinajstić information content (AvgIpc) is 3.61. The molecule has 8 nitrogen and oxygen atoms in total. The molecule has 0 radical (unpaired) electrons. The number of nitrogens with zero attached hydrogens (tertiary/aromatic N) is 3. The van der Waals surface area contributed by atoms with Crippen molar-refractivity contribution in [2.75, 3.05) is 45.9 Å². The maximum Gasteiger partial charge on any atom is 0.490 e. The number of ether oxygens (including phenoxy) is 1. The van der Waals surface area contributed by atoms with Crippen molar-refractivity contribution >= 4 is 11.9 Å². The fourth-order valence-corrected chi connectivity index (χ4v) is 4.86. The maximum absolute atomic E-state index is 12.7. The van der Waals surface area contributed by atoms with Gasteiger partial charge >= 0.3 is 12.1 Å². The van der Waals surface area contributed by atoms with E-state index >= 15 is 0 Å². The van der Waals surface area contributed by atoms with Crippen molar-refractivity contribution in [3.8, 4) is 0 Å². The molecule has 3 heterocycles. The summed E-state index contributed by atoms with van der Waals surface area (Å²) in [6, 6.07) is 0. The number of hydrogen-bond acceptors (Lipinski definition) is 6. The SMILES string of the molecule is O=C(O)C(F)(F)F.O=C(c1cnoc1)N1CC[C@@]2(CN(CC3CC3)C[C@@H]2COCC2CC2)C1. The van der Waals surface area contributed by atoms with Crippen molar-refractivity contribution in [1.29, 1.82) is 0 Å². The lowest BCUT2D eigenvalue weighted by atomic mass is 9.77. The van der Waals surface area contributed by atoms with Gasteiger partial charge in [0, 0.05) is 50.7 Å². The van der Waals surface area contributed by atoms with E-state index < -0.39 is 12.1 Å². The van der Waals surface area contributed by atoms with Crippen molar-refractivity contribution in [3.05, 3.63) is 18.0 Å². The standard InChI is InChI=1S/C20H29N3O3.C2HF3O2/c24-19(17-7-21-26-11-17)23-6-5-20(14-23)13-22(8-15-1-2-15)9-18(20)12-25-10-16-3-4-16;3-2(4,5)1(6)7/h7,11,15-16,18H,1-6,8-10,12-14H2;(H,6,7)/t18-,20-;/m1./s1. The second-order valence-electron chi connectivity index (χ2n) is 9.87. The Morgan fingerprint density at radius 3 is 2.45 bits per heavy atom. The Balaban J connectivity index is 0.000000325. The van der Waals surface area contributed by atoms with Crippen molar-refractivity contribution in [3.63, 3.8) is 0 Å². The van der Waals surface area contributed by atoms with Crippen molar-refractivity contribution in [2.24, 2.45) is 23.2 Å². The number of hydrogen-bond donors (Lipinski definition) is 1. The van der Waals surface area contributed by atoms with Crippen LogP contribution in [0.1, 0.15) is 42.5 Å². The van der Waals surface area contributed by atoms with Gasteiger partial charge in [-0.2, -0.15) is 13.2 Å². The van der Waals surface area contributed by atoms with E-state index in [1.165, 1.54) is 44.7 Å². The quantitative estimate of drug-likeness (QED) is 0.651. The van der Waals surface area contributed by atoms with Crippen LogP contribution in [0.15, 0.2) is 17.0 Å². The molecule has 2 aliphatic carbocycles. The van der Waals surface area contributed by atoms with Gasteiger partial charge in [0.15, 0.2) is 0 Å². The Labute approximate surface area is 190 Å². The van der Waals surface area contributed by atoms with Crippen LogP contribution in [0, 0.1) is 23.2 Å². The lowest BCUT2D eigenvalue weighted by molar-refractivity contribution is -0.192. The third-order valence-corrected chi connectivity index (χ3v) is 7.06. The molecule has 1 aromatic rings. The van der Waals surface area contributed by atoms with E-state index in [0.29, 0.717) is 11.5 Å². The third-order valence-electron chi connectivity index (χ3n) is 7.06. The zero-order chi connectivity index (χ0) is 23.6. The van der Waals surface area contributed by atoms with E-state index in [1.54, 1.807) is 0 Å². The van der Waals surface area contributed by atoms with E-state index in [0.717, 1.165) is 57.6 Å². The summed E-state index contributed by atoms with van der Waals surface area (Å²) in [4.78, 5) is 26.3. The van der Waals surface area contributed by atoms with Crippen molar-refractivity contribution in [1.82, 2.24) is 15.0 Å². The Hall–Kier alpha value is -2.14. The Morgan fingerprint density at radius 1 is 1.18 bits per heavy atom. The predicted octanol–water partition coefficient (Wildman–Crippen LogP) is 2.91. The minimum Gasteiger partial charge on any atom is -0.475 e. The second kappa shape index (κ2) is 9.61. The van der Waals surface area contributed by atoms with Gasteiger partial charge in [-0.15, -0.1) is 0 Å². The largest absolute Gasteiger partial charge is 0.490 e. The molecular formula is C22H30F3N3O5. The summed E-state index contributed by atoms with van der Waals surface area (Å²) < 4.78 is 42.7. The molecule has 0 bridgehead atoms. The highest BCUT2D eigenvalue weighted by molar-refractivity contribution is 5.93. The first-order valence-electron chi connectivity index (χ1n) is 11.5. The van der Waals surface area contributed by atoms with E-state index in [9.17, 15) is 18.0 Å². The van der Waals surface area contributed by atoms with Crippen LogP contribution in [-0.4, -0.2) is 84.1 Å². The number of aromatic nitrogens is 1. The van der Waals surface area contributed by atoms with Crippen molar-refractivity contribution in [2.45, 2.75) is 38.3 Å². The molecule has 5 rings (SSSR count). The number of carboxylic acid groups (broad SMARTS) is 1. The fourth-order valence-electron chi connectivity index (χ4n) is 4.86. The first kappa shape index (κ1) is 24.0. The average molecular weight is 473 g/mol. The maximum atomic E-state index is 12.7. The zero-order valence-corrected chi connectivity index (χ0v) is 18.4. The summed E-state index contributed by atoms with van der Waals surface area (Å²) in [5, 5.41) is 10.8. The third kappa shape index (κ3) is 6.26. The molecule has 2 saturated carbocycles. The van der Waals surface area contributed by atoms with Gasteiger partial charge in [-0.1, -0.05) is 5.16 Å². The molecule has 2 aliphatic heterocycles. The Bertz CT molecular complexity index is 826. The molecule has 33 heavy (non-hydrogen) atoms. The van der Waals surface area contributed by atoms with Gasteiger partial charge in [-0.05, 0) is 43.9 Å². The number of alkyl halides is 3. The number of carboxylic acids is 1. The number of likely N-dealkylation sites (tertiary alicyclic amines) is 2. The number of aliphatic carboxylic acids is 1. The van der Waals surface area contributed by atoms with Crippen LogP contribution in [0.4, 0.5) is 13.2 Å². The Morgan fingerprint density at radius 2 is 1.88 bits per heavy atom. The molecule has 1 aromatic heterocycles. The molecule has 1 amide bonds. The highest BCUT2D eigenvalue weighted by Crippen LogP contribution is 2.46. The van der Waals surface area contributed by atoms with Crippen LogP contribution in [0.3, 0.4) is 0 Å². The van der Waals surface area contributed by atoms with Crippen molar-refractivity contribution < 1.29 is 37.1 Å². The summed E-state index contributed by atoms with van der Waals surface area (Å²) in [5.74, 6) is -0.436. The fraction of sp³-hybridized carbons (Fsp3) is 0.773. The van der Waals surface area contributed by atoms with Crippen LogP contribution >= 0.6 is 0 Å². The topological polar surface area (TPSA) is 96.1 Å². The highest BCUT2D eigenvalue weighted by Gasteiger charge is 2.52. The van der Waals surface area contributed by atoms with E-state index in [2.05, 4.69) is 10.1 Å². The van der Waals surface area contributed by atoms with Gasteiger partial charge in [0.05, 0.1) is 18.4 Å². The molecule has 184 valence electrons. The van der Waals surface area contributed by atoms with E-state index in [1.807, 2.05) is 4.90 Å². The predicted molar refractivity (Wildman–Crippen MR) is 109 cm³/mol. The molecule has 11 heteroatoms. The molecular weight excluding hydrogens is 443 g/mol. The molecule has 0 unspecified atom stereocenters. The van der Waals surface area contributed by atoms with Gasteiger partial charge in [-0.3, -0.25) is 4.79 Å². The van der Waals surface area contributed by atoms with Gasteiger partial charge in [0.2, 0.25) is 0 Å². The van der Waals surface area contributed by atoms with Crippen LogP contribution in [0.25, 0.3) is 0 Å². The van der Waals surface area contributed by atoms with Crippen LogP contribution < -0.4 is 0 Å². The highest BCUT2D eigenvalue weighted by atomic mass is 19.4. The summed E-state index contributed by atoms with van der Waals surface area (Å²) in [6.07, 6.45) is 4.45. The van der Waals surface area contributed by atoms with Crippen LogP contribution in [-0.2, 0) is 9.53 Å². The first-order valence-corrected chi connectivity index (χ1v) is 11.5. The first-order chi connectivity index (χ1) is 15.7. The minimum atomic E-state index is -5.08. The number of rotatable bonds is 7. The monoisotopic (exact) mass is 473 g/mol. The van der Waals surface area contributed by atoms with E-state index in [4.69, 9.17) is 19.2 Å².